The molecular weight excluding hydrogens is 379 g/mol. The molecule has 0 bridgehead atoms. The van der Waals surface area contributed by atoms with Crippen molar-refractivity contribution in [1.82, 2.24) is 15.3 Å². The summed E-state index contributed by atoms with van der Waals surface area (Å²) in [4.78, 5) is 18.2. The Morgan fingerprint density at radius 1 is 1.35 bits per heavy atom. The van der Waals surface area contributed by atoms with Crippen molar-refractivity contribution in [3.63, 3.8) is 0 Å². The summed E-state index contributed by atoms with van der Waals surface area (Å²) in [5, 5.41) is 2.44. The number of imidazole rings is 1. The van der Waals surface area contributed by atoms with E-state index < -0.39 is 23.4 Å². The van der Waals surface area contributed by atoms with Crippen LogP contribution in [0, 0.1) is 0 Å². The molecule has 1 aromatic heterocycles. The zero-order chi connectivity index (χ0) is 17.4. The van der Waals surface area contributed by atoms with Crippen molar-refractivity contribution in [2.45, 2.75) is 39.1 Å². The Morgan fingerprint density at radius 3 is 2.57 bits per heavy atom. The molecule has 0 aliphatic rings. The molecule has 0 atom stereocenters. The Hall–Kier alpha value is -1.77. The van der Waals surface area contributed by atoms with Gasteiger partial charge in [0, 0.05) is 4.47 Å². The topological polar surface area (TPSA) is 67.0 Å². The second kappa shape index (κ2) is 6.03. The van der Waals surface area contributed by atoms with E-state index in [0.29, 0.717) is 0 Å². The first-order chi connectivity index (χ1) is 10.5. The van der Waals surface area contributed by atoms with Gasteiger partial charge >= 0.3 is 12.3 Å². The van der Waals surface area contributed by atoms with Gasteiger partial charge in [0.2, 0.25) is 0 Å². The van der Waals surface area contributed by atoms with Crippen LogP contribution in [0.3, 0.4) is 0 Å². The third kappa shape index (κ3) is 4.60. The zero-order valence-electron chi connectivity index (χ0n) is 12.6. The summed E-state index contributed by atoms with van der Waals surface area (Å²) in [6, 6.07) is 2.46. The fourth-order valence-electron chi connectivity index (χ4n) is 1.90. The quantitative estimate of drug-likeness (QED) is 0.795. The van der Waals surface area contributed by atoms with Gasteiger partial charge in [-0.05, 0) is 32.9 Å². The number of halogens is 4. The summed E-state index contributed by atoms with van der Waals surface area (Å²) >= 11 is 3.04. The molecule has 0 fully saturated rings. The van der Waals surface area contributed by atoms with E-state index >= 15 is 0 Å². The lowest BCUT2D eigenvalue weighted by molar-refractivity contribution is -0.136. The lowest BCUT2D eigenvalue weighted by Crippen LogP contribution is -2.32. The molecule has 1 heterocycles. The number of nitrogens with one attached hydrogen (secondary N) is 2. The number of benzene rings is 1. The predicted molar refractivity (Wildman–Crippen MR) is 81.9 cm³/mol. The largest absolute Gasteiger partial charge is 0.444 e. The van der Waals surface area contributed by atoms with Gasteiger partial charge in [-0.15, -0.1) is 0 Å². The maximum absolute atomic E-state index is 13.0. The summed E-state index contributed by atoms with van der Waals surface area (Å²) in [6.07, 6.45) is -5.19. The molecule has 5 nitrogen and oxygen atoms in total. The maximum Gasteiger partial charge on any atom is 0.418 e. The number of nitrogens with zero attached hydrogens (tertiary/aromatic N) is 1. The van der Waals surface area contributed by atoms with E-state index in [1.807, 2.05) is 0 Å². The normalized spacial score (nSPS) is 12.5. The summed E-state index contributed by atoms with van der Waals surface area (Å²) in [7, 11) is 0. The van der Waals surface area contributed by atoms with Crippen molar-refractivity contribution >= 4 is 33.1 Å². The van der Waals surface area contributed by atoms with Crippen molar-refractivity contribution in [1.29, 1.82) is 0 Å². The molecule has 126 valence electrons. The van der Waals surface area contributed by atoms with Gasteiger partial charge in [-0.3, -0.25) is 0 Å². The highest BCUT2D eigenvalue weighted by atomic mass is 79.9. The van der Waals surface area contributed by atoms with Crippen molar-refractivity contribution in [3.05, 3.63) is 28.0 Å². The van der Waals surface area contributed by atoms with Gasteiger partial charge < -0.3 is 15.0 Å². The minimum atomic E-state index is -4.52. The van der Waals surface area contributed by atoms with E-state index in [-0.39, 0.29) is 27.9 Å². The Morgan fingerprint density at radius 2 is 2.00 bits per heavy atom. The first-order valence-electron chi connectivity index (χ1n) is 6.68. The summed E-state index contributed by atoms with van der Waals surface area (Å²) in [6.45, 7) is 5.06. The van der Waals surface area contributed by atoms with E-state index in [1.165, 1.54) is 6.07 Å². The molecular formula is C14H15BrF3N3O2. The first-order valence-corrected chi connectivity index (χ1v) is 7.47. The number of rotatable bonds is 2. The number of aromatic amines is 1. The number of amides is 1. The third-order valence-electron chi connectivity index (χ3n) is 2.70. The molecule has 0 saturated heterocycles. The highest BCUT2D eigenvalue weighted by Gasteiger charge is 2.34. The molecule has 23 heavy (non-hydrogen) atoms. The number of hydrogen-bond donors (Lipinski definition) is 2. The van der Waals surface area contributed by atoms with Gasteiger partial charge in [0.15, 0.2) is 0 Å². The van der Waals surface area contributed by atoms with Crippen LogP contribution in [-0.2, 0) is 17.5 Å². The molecule has 0 spiro atoms. The number of H-pyrrole nitrogens is 1. The van der Waals surface area contributed by atoms with Crippen LogP contribution in [0.4, 0.5) is 18.0 Å². The maximum atomic E-state index is 13.0. The molecule has 2 rings (SSSR count). The average molecular weight is 394 g/mol. The fraction of sp³-hybridized carbons (Fsp3) is 0.429. The predicted octanol–water partition coefficient (Wildman–Crippen LogP) is 4.37. The molecule has 1 amide bonds. The van der Waals surface area contributed by atoms with Crippen molar-refractivity contribution in [3.8, 4) is 0 Å². The number of alkyl halides is 3. The molecule has 0 aliphatic carbocycles. The Labute approximate surface area is 138 Å². The van der Waals surface area contributed by atoms with Crippen LogP contribution in [0.15, 0.2) is 16.6 Å². The molecule has 0 unspecified atom stereocenters. The van der Waals surface area contributed by atoms with Crippen LogP contribution >= 0.6 is 15.9 Å². The van der Waals surface area contributed by atoms with Crippen molar-refractivity contribution in [2.24, 2.45) is 0 Å². The van der Waals surface area contributed by atoms with E-state index in [9.17, 15) is 18.0 Å². The van der Waals surface area contributed by atoms with Crippen LogP contribution in [0.1, 0.15) is 32.2 Å². The SMILES string of the molecule is CC(C)(C)OC(=O)NCc1nc2c(C(F)(F)F)cc(Br)cc2[nH]1. The van der Waals surface area contributed by atoms with Gasteiger partial charge in [0.05, 0.1) is 17.6 Å². The van der Waals surface area contributed by atoms with Crippen LogP contribution < -0.4 is 5.32 Å². The summed E-state index contributed by atoms with van der Waals surface area (Å²) < 4.78 is 44.5. The second-order valence-electron chi connectivity index (χ2n) is 5.89. The number of fused-ring (bicyclic) bond motifs is 1. The van der Waals surface area contributed by atoms with Crippen LogP contribution in [0.2, 0.25) is 0 Å². The highest BCUT2D eigenvalue weighted by molar-refractivity contribution is 9.10. The number of hydrogen-bond acceptors (Lipinski definition) is 3. The van der Waals surface area contributed by atoms with Gasteiger partial charge in [-0.25, -0.2) is 9.78 Å². The van der Waals surface area contributed by atoms with Crippen LogP contribution in [-0.4, -0.2) is 21.7 Å². The minimum Gasteiger partial charge on any atom is -0.444 e. The van der Waals surface area contributed by atoms with E-state index in [4.69, 9.17) is 4.74 Å². The molecule has 2 N–H and O–H groups in total. The van der Waals surface area contributed by atoms with Crippen molar-refractivity contribution in [2.75, 3.05) is 0 Å². The Bertz CT molecular complexity index is 735. The average Bonchev–Trinajstić information content (AvgIpc) is 2.74. The first kappa shape index (κ1) is 17.6. The number of aromatic nitrogens is 2. The number of alkyl carbamates (subject to hydrolysis) is 1. The van der Waals surface area contributed by atoms with Crippen LogP contribution in [0.25, 0.3) is 11.0 Å². The molecule has 0 aliphatic heterocycles. The van der Waals surface area contributed by atoms with E-state index in [1.54, 1.807) is 20.8 Å². The lowest BCUT2D eigenvalue weighted by atomic mass is 10.2. The van der Waals surface area contributed by atoms with E-state index in [2.05, 4.69) is 31.2 Å². The minimum absolute atomic E-state index is 0.0709. The summed E-state index contributed by atoms with van der Waals surface area (Å²) in [5.41, 5.74) is -1.47. The highest BCUT2D eigenvalue weighted by Crippen LogP contribution is 2.36. The molecule has 0 radical (unpaired) electrons. The van der Waals surface area contributed by atoms with Gasteiger partial charge in [0.25, 0.3) is 0 Å². The zero-order valence-corrected chi connectivity index (χ0v) is 14.2. The number of carbonyl (C=O) groups is 1. The van der Waals surface area contributed by atoms with Gasteiger partial charge in [-0.2, -0.15) is 13.2 Å². The fourth-order valence-corrected chi connectivity index (χ4v) is 2.36. The lowest BCUT2D eigenvalue weighted by Gasteiger charge is -2.19. The Kier molecular flexibility index (Phi) is 4.61. The van der Waals surface area contributed by atoms with Gasteiger partial charge in [0.1, 0.15) is 16.9 Å². The van der Waals surface area contributed by atoms with E-state index in [0.717, 1.165) is 6.07 Å². The Balaban J connectivity index is 2.22. The van der Waals surface area contributed by atoms with Gasteiger partial charge in [-0.1, -0.05) is 15.9 Å². The second-order valence-corrected chi connectivity index (χ2v) is 6.80. The number of carbonyl (C=O) groups excluding carboxylic acids is 1. The van der Waals surface area contributed by atoms with Crippen LogP contribution in [0.5, 0.6) is 0 Å². The standard InChI is InChI=1S/C14H15BrF3N3O2/c1-13(2,3)23-12(22)19-6-10-20-9-5-7(15)4-8(11(9)21-10)14(16,17)18/h4-5H,6H2,1-3H3,(H,19,22)(H,20,21). The van der Waals surface area contributed by atoms with Crippen molar-refractivity contribution < 1.29 is 22.7 Å². The monoisotopic (exact) mass is 393 g/mol. The number of ether oxygens (including phenoxy) is 1. The molecule has 9 heteroatoms. The molecule has 2 aromatic rings. The smallest absolute Gasteiger partial charge is 0.418 e. The molecule has 1 aromatic carbocycles. The molecule has 0 saturated carbocycles. The third-order valence-corrected chi connectivity index (χ3v) is 3.16. The summed E-state index contributed by atoms with van der Waals surface area (Å²) in [5.74, 6) is 0.203.